The zero-order chi connectivity index (χ0) is 9.52. The summed E-state index contributed by atoms with van der Waals surface area (Å²) < 4.78 is 1.67. The van der Waals surface area contributed by atoms with E-state index in [2.05, 4.69) is 10.4 Å². The highest BCUT2D eigenvalue weighted by atomic mass is 16.3. The Balaban J connectivity index is 2.14. The Morgan fingerprint density at radius 2 is 2.38 bits per heavy atom. The second-order valence-electron chi connectivity index (χ2n) is 2.81. The van der Waals surface area contributed by atoms with Crippen molar-refractivity contribution < 1.29 is 10.2 Å². The smallest absolute Gasteiger partial charge is 0.0860 e. The van der Waals surface area contributed by atoms with Crippen LogP contribution in [0.3, 0.4) is 0 Å². The molecule has 0 saturated heterocycles. The second kappa shape index (κ2) is 5.69. The van der Waals surface area contributed by atoms with Crippen LogP contribution >= 0.6 is 0 Å². The Labute approximate surface area is 77.0 Å². The summed E-state index contributed by atoms with van der Waals surface area (Å²) in [5, 5.41) is 24.8. The molecule has 0 aliphatic heterocycles. The number of rotatable bonds is 6. The minimum absolute atomic E-state index is 0.0918. The molecule has 13 heavy (non-hydrogen) atoms. The molecule has 0 saturated carbocycles. The van der Waals surface area contributed by atoms with Gasteiger partial charge < -0.3 is 15.5 Å². The Bertz CT molecular complexity index is 213. The van der Waals surface area contributed by atoms with E-state index < -0.39 is 6.10 Å². The SMILES string of the molecule is OCCNCC(O)Cn1cccn1. The molecule has 1 rings (SSSR count). The lowest BCUT2D eigenvalue weighted by atomic mass is 10.3. The van der Waals surface area contributed by atoms with E-state index in [1.165, 1.54) is 0 Å². The van der Waals surface area contributed by atoms with E-state index in [0.717, 1.165) is 0 Å². The van der Waals surface area contributed by atoms with Crippen molar-refractivity contribution in [2.24, 2.45) is 0 Å². The fraction of sp³-hybridized carbons (Fsp3) is 0.625. The number of nitrogens with one attached hydrogen (secondary N) is 1. The van der Waals surface area contributed by atoms with Gasteiger partial charge >= 0.3 is 0 Å². The number of nitrogens with zero attached hydrogens (tertiary/aromatic N) is 2. The molecule has 0 fully saturated rings. The first-order valence-corrected chi connectivity index (χ1v) is 4.30. The molecular weight excluding hydrogens is 170 g/mol. The molecule has 1 aromatic heterocycles. The van der Waals surface area contributed by atoms with E-state index in [1.807, 2.05) is 6.07 Å². The predicted octanol–water partition coefficient (Wildman–Crippen LogP) is -1.17. The quantitative estimate of drug-likeness (QED) is 0.488. The fourth-order valence-corrected chi connectivity index (χ4v) is 1.04. The average Bonchev–Trinajstić information content (AvgIpc) is 2.57. The van der Waals surface area contributed by atoms with Gasteiger partial charge in [-0.3, -0.25) is 4.68 Å². The van der Waals surface area contributed by atoms with Crippen LogP contribution in [-0.2, 0) is 6.54 Å². The van der Waals surface area contributed by atoms with Crippen molar-refractivity contribution in [3.05, 3.63) is 18.5 Å². The van der Waals surface area contributed by atoms with Crippen molar-refractivity contribution in [3.63, 3.8) is 0 Å². The molecule has 0 aromatic carbocycles. The van der Waals surface area contributed by atoms with Crippen molar-refractivity contribution in [1.29, 1.82) is 0 Å². The molecule has 1 atom stereocenters. The van der Waals surface area contributed by atoms with Gasteiger partial charge in [0, 0.05) is 25.5 Å². The van der Waals surface area contributed by atoms with Gasteiger partial charge in [0.05, 0.1) is 19.3 Å². The molecule has 1 heterocycles. The average molecular weight is 185 g/mol. The van der Waals surface area contributed by atoms with Gasteiger partial charge in [0.25, 0.3) is 0 Å². The highest BCUT2D eigenvalue weighted by Gasteiger charge is 2.03. The third kappa shape index (κ3) is 4.02. The monoisotopic (exact) mass is 185 g/mol. The summed E-state index contributed by atoms with van der Waals surface area (Å²) in [6, 6.07) is 1.81. The molecule has 0 radical (unpaired) electrons. The van der Waals surface area contributed by atoms with Gasteiger partial charge in [-0.15, -0.1) is 0 Å². The van der Waals surface area contributed by atoms with E-state index in [9.17, 15) is 5.11 Å². The molecule has 5 heteroatoms. The zero-order valence-electron chi connectivity index (χ0n) is 7.43. The fourth-order valence-electron chi connectivity index (χ4n) is 1.04. The van der Waals surface area contributed by atoms with Crippen LogP contribution < -0.4 is 5.32 Å². The van der Waals surface area contributed by atoms with E-state index in [4.69, 9.17) is 5.11 Å². The molecule has 74 valence electrons. The molecule has 0 aliphatic rings. The summed E-state index contributed by atoms with van der Waals surface area (Å²) in [4.78, 5) is 0. The lowest BCUT2D eigenvalue weighted by Crippen LogP contribution is -2.32. The Hall–Kier alpha value is -0.910. The van der Waals surface area contributed by atoms with Crippen molar-refractivity contribution >= 4 is 0 Å². The molecular formula is C8H15N3O2. The molecule has 0 spiro atoms. The Kier molecular flexibility index (Phi) is 4.45. The molecule has 1 unspecified atom stereocenters. The Morgan fingerprint density at radius 1 is 1.54 bits per heavy atom. The van der Waals surface area contributed by atoms with Gasteiger partial charge in [-0.25, -0.2) is 0 Å². The maximum Gasteiger partial charge on any atom is 0.0860 e. The molecule has 0 amide bonds. The number of hydrogen-bond donors (Lipinski definition) is 3. The zero-order valence-corrected chi connectivity index (χ0v) is 7.43. The van der Waals surface area contributed by atoms with Crippen LogP contribution in [0.1, 0.15) is 0 Å². The highest BCUT2D eigenvalue weighted by Crippen LogP contribution is 1.89. The van der Waals surface area contributed by atoms with Crippen molar-refractivity contribution in [2.75, 3.05) is 19.7 Å². The van der Waals surface area contributed by atoms with E-state index >= 15 is 0 Å². The number of aliphatic hydroxyl groups excluding tert-OH is 2. The first-order valence-electron chi connectivity index (χ1n) is 4.30. The van der Waals surface area contributed by atoms with Gasteiger partial charge in [-0.1, -0.05) is 0 Å². The minimum Gasteiger partial charge on any atom is -0.395 e. The van der Waals surface area contributed by atoms with Gasteiger partial charge in [-0.05, 0) is 6.07 Å². The maximum absolute atomic E-state index is 9.44. The van der Waals surface area contributed by atoms with Crippen LogP contribution in [0.15, 0.2) is 18.5 Å². The van der Waals surface area contributed by atoms with Crippen LogP contribution in [0.4, 0.5) is 0 Å². The normalized spacial score (nSPS) is 13.1. The van der Waals surface area contributed by atoms with Crippen molar-refractivity contribution in [3.8, 4) is 0 Å². The van der Waals surface area contributed by atoms with Crippen LogP contribution in [0.5, 0.6) is 0 Å². The lowest BCUT2D eigenvalue weighted by Gasteiger charge is -2.10. The maximum atomic E-state index is 9.44. The minimum atomic E-state index is -0.466. The van der Waals surface area contributed by atoms with Crippen LogP contribution in [0, 0.1) is 0 Å². The predicted molar refractivity (Wildman–Crippen MR) is 48.2 cm³/mol. The Morgan fingerprint density at radius 3 is 3.00 bits per heavy atom. The summed E-state index contributed by atoms with van der Waals surface area (Å²) in [6.45, 7) is 1.55. The van der Waals surface area contributed by atoms with E-state index in [0.29, 0.717) is 19.6 Å². The van der Waals surface area contributed by atoms with E-state index in [-0.39, 0.29) is 6.61 Å². The number of aromatic nitrogens is 2. The largest absolute Gasteiger partial charge is 0.395 e. The molecule has 3 N–H and O–H groups in total. The second-order valence-corrected chi connectivity index (χ2v) is 2.81. The van der Waals surface area contributed by atoms with Crippen LogP contribution in [0.25, 0.3) is 0 Å². The summed E-state index contributed by atoms with van der Waals surface area (Å²) in [7, 11) is 0. The summed E-state index contributed by atoms with van der Waals surface area (Å²) >= 11 is 0. The van der Waals surface area contributed by atoms with Crippen molar-refractivity contribution in [1.82, 2.24) is 15.1 Å². The summed E-state index contributed by atoms with van der Waals surface area (Å²) in [5.41, 5.74) is 0. The van der Waals surface area contributed by atoms with Gasteiger partial charge in [-0.2, -0.15) is 5.10 Å². The van der Waals surface area contributed by atoms with Crippen LogP contribution in [-0.4, -0.2) is 45.8 Å². The van der Waals surface area contributed by atoms with Crippen molar-refractivity contribution in [2.45, 2.75) is 12.6 Å². The van der Waals surface area contributed by atoms with Gasteiger partial charge in [0.15, 0.2) is 0 Å². The van der Waals surface area contributed by atoms with Gasteiger partial charge in [0.1, 0.15) is 0 Å². The molecule has 0 aliphatic carbocycles. The van der Waals surface area contributed by atoms with Gasteiger partial charge in [0.2, 0.25) is 0 Å². The van der Waals surface area contributed by atoms with Crippen LogP contribution in [0.2, 0.25) is 0 Å². The lowest BCUT2D eigenvalue weighted by molar-refractivity contribution is 0.144. The third-order valence-corrected chi connectivity index (χ3v) is 1.63. The van der Waals surface area contributed by atoms with E-state index in [1.54, 1.807) is 17.1 Å². The first kappa shape index (κ1) is 10.2. The topological polar surface area (TPSA) is 70.3 Å². The standard InChI is InChI=1S/C8H15N3O2/c12-5-3-9-6-8(13)7-11-4-1-2-10-11/h1-2,4,8-9,12-13H,3,5-7H2. The summed E-state index contributed by atoms with van der Waals surface area (Å²) in [5.74, 6) is 0. The first-order chi connectivity index (χ1) is 6.33. The summed E-state index contributed by atoms with van der Waals surface area (Å²) in [6.07, 6.45) is 3.01. The molecule has 1 aromatic rings. The third-order valence-electron chi connectivity index (χ3n) is 1.63. The number of aliphatic hydroxyl groups is 2. The molecule has 0 bridgehead atoms. The highest BCUT2D eigenvalue weighted by molar-refractivity contribution is 4.78. The number of hydrogen-bond acceptors (Lipinski definition) is 4. The molecule has 5 nitrogen and oxygen atoms in total.